The van der Waals surface area contributed by atoms with Gasteiger partial charge in [0.05, 0.1) is 26.2 Å². The molecule has 1 unspecified atom stereocenters. The van der Waals surface area contributed by atoms with Gasteiger partial charge in [-0.15, -0.1) is 0 Å². The zero-order valence-corrected chi connectivity index (χ0v) is 15.6. The van der Waals surface area contributed by atoms with Gasteiger partial charge in [-0.1, -0.05) is 48.5 Å². The molecule has 5 heteroatoms. The summed E-state index contributed by atoms with van der Waals surface area (Å²) in [6.45, 7) is 0.265. The maximum atomic E-state index is 13.1. The van der Waals surface area contributed by atoms with Gasteiger partial charge in [-0.25, -0.2) is 0 Å². The first-order chi connectivity index (χ1) is 13.6. The Labute approximate surface area is 163 Å². The lowest BCUT2D eigenvalue weighted by molar-refractivity contribution is -0.141. The first-order valence-electron chi connectivity index (χ1n) is 9.20. The Kier molecular flexibility index (Phi) is 4.84. The molecule has 1 aliphatic rings. The van der Waals surface area contributed by atoms with E-state index in [1.165, 1.54) is 7.11 Å². The number of fused-ring (bicyclic) bond motifs is 2. The number of esters is 1. The molecule has 1 heterocycles. The maximum absolute atomic E-state index is 13.1. The summed E-state index contributed by atoms with van der Waals surface area (Å²) in [7, 11) is 1.35. The zero-order valence-electron chi connectivity index (χ0n) is 15.6. The number of amides is 1. The van der Waals surface area contributed by atoms with Crippen molar-refractivity contribution in [2.75, 3.05) is 7.11 Å². The van der Waals surface area contributed by atoms with E-state index in [0.717, 1.165) is 21.9 Å². The van der Waals surface area contributed by atoms with Crippen LogP contribution < -0.4 is 0 Å². The second kappa shape index (κ2) is 7.44. The molecule has 1 amide bonds. The molecular formula is C23H21NO4. The third-order valence-corrected chi connectivity index (χ3v) is 5.28. The largest absolute Gasteiger partial charge is 0.469 e. The Morgan fingerprint density at radius 1 is 1.04 bits per heavy atom. The number of hydrogen-bond donors (Lipinski definition) is 1. The van der Waals surface area contributed by atoms with E-state index >= 15 is 0 Å². The third-order valence-electron chi connectivity index (χ3n) is 5.28. The monoisotopic (exact) mass is 375 g/mol. The minimum atomic E-state index is -0.380. The Morgan fingerprint density at radius 3 is 2.54 bits per heavy atom. The van der Waals surface area contributed by atoms with Crippen molar-refractivity contribution in [1.29, 1.82) is 0 Å². The lowest BCUT2D eigenvalue weighted by Crippen LogP contribution is -2.29. The highest BCUT2D eigenvalue weighted by Gasteiger charge is 2.38. The van der Waals surface area contributed by atoms with Crippen molar-refractivity contribution >= 4 is 22.6 Å². The average Bonchev–Trinajstić information content (AvgIpc) is 2.98. The first-order valence-corrected chi connectivity index (χ1v) is 9.20. The van der Waals surface area contributed by atoms with Crippen molar-refractivity contribution in [3.63, 3.8) is 0 Å². The second-order valence-corrected chi connectivity index (χ2v) is 6.99. The molecule has 0 aliphatic carbocycles. The summed E-state index contributed by atoms with van der Waals surface area (Å²) >= 11 is 0. The molecule has 0 aromatic heterocycles. The molecule has 3 aromatic rings. The Bertz CT molecular complexity index is 1060. The molecule has 28 heavy (non-hydrogen) atoms. The average molecular weight is 375 g/mol. The van der Waals surface area contributed by atoms with Crippen molar-refractivity contribution in [3.05, 3.63) is 82.9 Å². The van der Waals surface area contributed by atoms with Crippen molar-refractivity contribution < 1.29 is 19.4 Å². The summed E-state index contributed by atoms with van der Waals surface area (Å²) in [5, 5.41) is 11.7. The Balaban J connectivity index is 1.70. The van der Waals surface area contributed by atoms with Gasteiger partial charge >= 0.3 is 5.97 Å². The Morgan fingerprint density at radius 2 is 1.79 bits per heavy atom. The van der Waals surface area contributed by atoms with Gasteiger partial charge in [-0.05, 0) is 39.6 Å². The third kappa shape index (κ3) is 3.25. The van der Waals surface area contributed by atoms with Gasteiger partial charge in [0, 0.05) is 12.1 Å². The van der Waals surface area contributed by atoms with Crippen LogP contribution in [0.1, 0.15) is 39.5 Å². The topological polar surface area (TPSA) is 66.8 Å². The van der Waals surface area contributed by atoms with E-state index in [9.17, 15) is 14.7 Å². The second-order valence-electron chi connectivity index (χ2n) is 6.99. The van der Waals surface area contributed by atoms with Crippen LogP contribution in [0.15, 0.2) is 60.7 Å². The molecule has 1 aliphatic heterocycles. The molecule has 0 saturated carbocycles. The molecule has 0 bridgehead atoms. The van der Waals surface area contributed by atoms with E-state index in [0.29, 0.717) is 17.7 Å². The van der Waals surface area contributed by atoms with Crippen LogP contribution in [0.25, 0.3) is 10.8 Å². The van der Waals surface area contributed by atoms with Gasteiger partial charge in [0.2, 0.25) is 0 Å². The predicted octanol–water partition coefficient (Wildman–Crippen LogP) is 3.59. The van der Waals surface area contributed by atoms with Crippen molar-refractivity contribution in [3.8, 4) is 0 Å². The first kappa shape index (κ1) is 18.2. The SMILES string of the molecule is COC(=O)CC1c2ccc(CO)cc2C(=O)N1Cc1ccc2ccccc2c1. The van der Waals surface area contributed by atoms with Crippen molar-refractivity contribution in [1.82, 2.24) is 4.90 Å². The van der Waals surface area contributed by atoms with Gasteiger partial charge in [-0.2, -0.15) is 0 Å². The van der Waals surface area contributed by atoms with E-state index in [4.69, 9.17) is 4.74 Å². The standard InChI is InChI=1S/C23H21NO4/c1-28-22(26)12-21-19-9-7-16(14-25)11-20(19)23(27)24(21)13-15-6-8-17-4-2-3-5-18(17)10-15/h2-11,21,25H,12-14H2,1H3. The zero-order chi connectivity index (χ0) is 19.7. The van der Waals surface area contributed by atoms with Crippen LogP contribution >= 0.6 is 0 Å². The number of carbonyl (C=O) groups excluding carboxylic acids is 2. The molecule has 0 fully saturated rings. The van der Waals surface area contributed by atoms with E-state index in [-0.39, 0.29) is 30.9 Å². The predicted molar refractivity (Wildman–Crippen MR) is 106 cm³/mol. The Hall–Kier alpha value is -3.18. The minimum absolute atomic E-state index is 0.0985. The number of hydrogen-bond acceptors (Lipinski definition) is 4. The molecule has 3 aromatic carbocycles. The lowest BCUT2D eigenvalue weighted by Gasteiger charge is -2.25. The number of nitrogens with zero attached hydrogens (tertiary/aromatic N) is 1. The van der Waals surface area contributed by atoms with Crippen LogP contribution in [0.2, 0.25) is 0 Å². The fraction of sp³-hybridized carbons (Fsp3) is 0.217. The number of methoxy groups -OCH3 is 1. The van der Waals surface area contributed by atoms with E-state index < -0.39 is 0 Å². The normalized spacial score (nSPS) is 15.7. The number of rotatable bonds is 5. The highest BCUT2D eigenvalue weighted by molar-refractivity contribution is 6.00. The van der Waals surface area contributed by atoms with Crippen molar-refractivity contribution in [2.24, 2.45) is 0 Å². The van der Waals surface area contributed by atoms with Gasteiger partial charge in [0.1, 0.15) is 0 Å². The number of benzene rings is 3. The molecule has 0 saturated heterocycles. The molecule has 4 rings (SSSR count). The van der Waals surface area contributed by atoms with Gasteiger partial charge in [0.15, 0.2) is 0 Å². The fourth-order valence-electron chi connectivity index (χ4n) is 3.82. The van der Waals surface area contributed by atoms with Crippen LogP contribution in [-0.4, -0.2) is 29.0 Å². The molecule has 1 atom stereocenters. The summed E-state index contributed by atoms with van der Waals surface area (Å²) in [5.74, 6) is -0.493. The van der Waals surface area contributed by atoms with Crippen LogP contribution in [0.4, 0.5) is 0 Å². The minimum Gasteiger partial charge on any atom is -0.469 e. The quantitative estimate of drug-likeness (QED) is 0.692. The van der Waals surface area contributed by atoms with Crippen LogP contribution in [0.5, 0.6) is 0 Å². The fourth-order valence-corrected chi connectivity index (χ4v) is 3.82. The molecule has 5 nitrogen and oxygen atoms in total. The summed E-state index contributed by atoms with van der Waals surface area (Å²) < 4.78 is 4.85. The molecule has 142 valence electrons. The lowest BCUT2D eigenvalue weighted by atomic mass is 10.00. The van der Waals surface area contributed by atoms with E-state index in [1.807, 2.05) is 42.5 Å². The molecular weight excluding hydrogens is 354 g/mol. The summed E-state index contributed by atoms with van der Waals surface area (Å²) in [4.78, 5) is 26.8. The van der Waals surface area contributed by atoms with Gasteiger partial charge < -0.3 is 14.7 Å². The highest BCUT2D eigenvalue weighted by atomic mass is 16.5. The molecule has 0 radical (unpaired) electrons. The number of aliphatic hydroxyl groups excluding tert-OH is 1. The number of ether oxygens (including phenoxy) is 1. The van der Waals surface area contributed by atoms with Crippen LogP contribution in [0.3, 0.4) is 0 Å². The van der Waals surface area contributed by atoms with E-state index in [2.05, 4.69) is 6.07 Å². The van der Waals surface area contributed by atoms with Crippen molar-refractivity contribution in [2.45, 2.75) is 25.6 Å². The molecule has 1 N–H and O–H groups in total. The number of carbonyl (C=O) groups is 2. The smallest absolute Gasteiger partial charge is 0.307 e. The summed E-state index contributed by atoms with van der Waals surface area (Å²) in [6, 6.07) is 19.1. The van der Waals surface area contributed by atoms with Gasteiger partial charge in [-0.3, -0.25) is 9.59 Å². The summed E-state index contributed by atoms with van der Waals surface area (Å²) in [5.41, 5.74) is 3.02. The molecule has 0 spiro atoms. The summed E-state index contributed by atoms with van der Waals surface area (Å²) in [6.07, 6.45) is 0.0985. The highest BCUT2D eigenvalue weighted by Crippen LogP contribution is 2.38. The maximum Gasteiger partial charge on any atom is 0.307 e. The van der Waals surface area contributed by atoms with E-state index in [1.54, 1.807) is 17.0 Å². The van der Waals surface area contributed by atoms with Crippen LogP contribution in [0, 0.1) is 0 Å². The van der Waals surface area contributed by atoms with Crippen LogP contribution in [-0.2, 0) is 22.7 Å². The van der Waals surface area contributed by atoms with Gasteiger partial charge in [0.25, 0.3) is 5.91 Å². The number of aliphatic hydroxyl groups is 1.